The number of amides is 1. The van der Waals surface area contributed by atoms with Gasteiger partial charge in [-0.25, -0.2) is 9.07 Å². The SMILES string of the molecule is Cc1ccc(-n2nc(C(=O)NCCCO)c3c2CCC3)c(F)c1. The first kappa shape index (κ1) is 15.7. The zero-order valence-corrected chi connectivity index (χ0v) is 13.1. The molecule has 5 nitrogen and oxygen atoms in total. The molecule has 6 heteroatoms. The van der Waals surface area contributed by atoms with E-state index in [9.17, 15) is 9.18 Å². The molecule has 1 aliphatic rings. The summed E-state index contributed by atoms with van der Waals surface area (Å²) in [5.41, 5.74) is 3.42. The third-order valence-electron chi connectivity index (χ3n) is 4.10. The molecule has 1 aliphatic carbocycles. The summed E-state index contributed by atoms with van der Waals surface area (Å²) in [5, 5.41) is 15.9. The van der Waals surface area contributed by atoms with Crippen LogP contribution < -0.4 is 5.32 Å². The number of fused-ring (bicyclic) bond motifs is 1. The van der Waals surface area contributed by atoms with Crippen molar-refractivity contribution in [3.05, 3.63) is 46.5 Å². The summed E-state index contributed by atoms with van der Waals surface area (Å²) in [4.78, 5) is 12.3. The first-order valence-electron chi connectivity index (χ1n) is 7.88. The molecule has 1 aromatic carbocycles. The third-order valence-corrected chi connectivity index (χ3v) is 4.10. The fourth-order valence-corrected chi connectivity index (χ4v) is 2.97. The van der Waals surface area contributed by atoms with E-state index in [0.29, 0.717) is 24.3 Å². The molecule has 23 heavy (non-hydrogen) atoms. The van der Waals surface area contributed by atoms with Gasteiger partial charge in [-0.15, -0.1) is 0 Å². The Hall–Kier alpha value is -2.21. The van der Waals surface area contributed by atoms with E-state index in [1.54, 1.807) is 10.7 Å². The average molecular weight is 317 g/mol. The summed E-state index contributed by atoms with van der Waals surface area (Å²) in [6.07, 6.45) is 3.02. The van der Waals surface area contributed by atoms with Crippen molar-refractivity contribution < 1.29 is 14.3 Å². The lowest BCUT2D eigenvalue weighted by Crippen LogP contribution is -2.26. The van der Waals surface area contributed by atoms with E-state index in [0.717, 1.165) is 36.1 Å². The van der Waals surface area contributed by atoms with Crippen LogP contribution in [0.15, 0.2) is 18.2 Å². The van der Waals surface area contributed by atoms with Gasteiger partial charge >= 0.3 is 0 Å². The highest BCUT2D eigenvalue weighted by Crippen LogP contribution is 2.28. The van der Waals surface area contributed by atoms with Crippen LogP contribution in [-0.4, -0.2) is 33.9 Å². The monoisotopic (exact) mass is 317 g/mol. The van der Waals surface area contributed by atoms with Gasteiger partial charge in [0, 0.05) is 24.4 Å². The molecule has 0 radical (unpaired) electrons. The minimum absolute atomic E-state index is 0.0292. The molecule has 0 fully saturated rings. The number of carbonyl (C=O) groups excluding carboxylic acids is 1. The Morgan fingerprint density at radius 1 is 1.43 bits per heavy atom. The number of hydrogen-bond donors (Lipinski definition) is 2. The second-order valence-electron chi connectivity index (χ2n) is 5.83. The van der Waals surface area contributed by atoms with Gasteiger partial charge in [-0.3, -0.25) is 4.79 Å². The largest absolute Gasteiger partial charge is 0.396 e. The summed E-state index contributed by atoms with van der Waals surface area (Å²) in [5.74, 6) is -0.600. The van der Waals surface area contributed by atoms with Gasteiger partial charge in [-0.05, 0) is 50.3 Å². The Morgan fingerprint density at radius 3 is 3.00 bits per heavy atom. The van der Waals surface area contributed by atoms with E-state index in [4.69, 9.17) is 5.11 Å². The highest BCUT2D eigenvalue weighted by atomic mass is 19.1. The maximum absolute atomic E-state index is 14.3. The number of halogens is 1. The molecule has 2 N–H and O–H groups in total. The number of aromatic nitrogens is 2. The Kier molecular flexibility index (Phi) is 4.43. The van der Waals surface area contributed by atoms with Gasteiger partial charge in [0.1, 0.15) is 11.5 Å². The number of nitrogens with zero attached hydrogens (tertiary/aromatic N) is 2. The van der Waals surface area contributed by atoms with Crippen LogP contribution >= 0.6 is 0 Å². The molecule has 122 valence electrons. The molecular weight excluding hydrogens is 297 g/mol. The van der Waals surface area contributed by atoms with Crippen LogP contribution in [0.25, 0.3) is 5.69 Å². The van der Waals surface area contributed by atoms with E-state index in [1.165, 1.54) is 6.07 Å². The van der Waals surface area contributed by atoms with Crippen LogP contribution in [0.4, 0.5) is 4.39 Å². The molecule has 1 aromatic heterocycles. The summed E-state index contributed by atoms with van der Waals surface area (Å²) in [7, 11) is 0. The van der Waals surface area contributed by atoms with Crippen molar-refractivity contribution in [1.82, 2.24) is 15.1 Å². The third kappa shape index (κ3) is 2.99. The van der Waals surface area contributed by atoms with Crippen LogP contribution in [0.1, 0.15) is 40.2 Å². The minimum atomic E-state index is -0.338. The number of hydrogen-bond acceptors (Lipinski definition) is 3. The number of carbonyl (C=O) groups is 1. The minimum Gasteiger partial charge on any atom is -0.396 e. The standard InChI is InChI=1S/C17H20FN3O2/c1-11-6-7-15(13(18)10-11)21-14-5-2-4-12(14)16(20-21)17(23)19-8-3-9-22/h6-7,10,22H,2-5,8-9H2,1H3,(H,19,23). The van der Waals surface area contributed by atoms with Crippen molar-refractivity contribution in [3.8, 4) is 5.69 Å². The highest BCUT2D eigenvalue weighted by molar-refractivity contribution is 5.94. The molecular formula is C17H20FN3O2. The lowest BCUT2D eigenvalue weighted by Gasteiger charge is -2.07. The summed E-state index contributed by atoms with van der Waals surface area (Å²) in [6, 6.07) is 5.01. The number of rotatable bonds is 5. The average Bonchev–Trinajstić information content (AvgIpc) is 3.10. The quantitative estimate of drug-likeness (QED) is 0.828. The molecule has 1 amide bonds. The Bertz CT molecular complexity index is 740. The lowest BCUT2D eigenvalue weighted by atomic mass is 10.2. The highest BCUT2D eigenvalue weighted by Gasteiger charge is 2.27. The first-order valence-corrected chi connectivity index (χ1v) is 7.88. The fraction of sp³-hybridized carbons (Fsp3) is 0.412. The van der Waals surface area contributed by atoms with E-state index in [2.05, 4.69) is 10.4 Å². The van der Waals surface area contributed by atoms with Crippen LogP contribution in [-0.2, 0) is 12.8 Å². The van der Waals surface area contributed by atoms with Crippen molar-refractivity contribution in [1.29, 1.82) is 0 Å². The van der Waals surface area contributed by atoms with Crippen LogP contribution in [0, 0.1) is 12.7 Å². The smallest absolute Gasteiger partial charge is 0.272 e. The maximum atomic E-state index is 14.3. The summed E-state index contributed by atoms with van der Waals surface area (Å²) < 4.78 is 15.8. The lowest BCUT2D eigenvalue weighted by molar-refractivity contribution is 0.0945. The molecule has 2 aromatic rings. The number of aryl methyl sites for hydroxylation is 1. The van der Waals surface area contributed by atoms with Crippen molar-refractivity contribution in [3.63, 3.8) is 0 Å². The number of aliphatic hydroxyl groups excluding tert-OH is 1. The van der Waals surface area contributed by atoms with Crippen molar-refractivity contribution in [2.75, 3.05) is 13.2 Å². The predicted molar refractivity (Wildman–Crippen MR) is 84.3 cm³/mol. The van der Waals surface area contributed by atoms with Gasteiger partial charge in [-0.1, -0.05) is 6.07 Å². The van der Waals surface area contributed by atoms with Crippen molar-refractivity contribution in [2.45, 2.75) is 32.6 Å². The topological polar surface area (TPSA) is 67.2 Å². The number of nitrogens with one attached hydrogen (secondary N) is 1. The van der Waals surface area contributed by atoms with Crippen LogP contribution in [0.3, 0.4) is 0 Å². The van der Waals surface area contributed by atoms with Crippen molar-refractivity contribution in [2.24, 2.45) is 0 Å². The predicted octanol–water partition coefficient (Wildman–Crippen LogP) is 1.92. The Morgan fingerprint density at radius 2 is 2.26 bits per heavy atom. The molecule has 0 unspecified atom stereocenters. The fourth-order valence-electron chi connectivity index (χ4n) is 2.97. The molecule has 0 aliphatic heterocycles. The molecule has 0 bridgehead atoms. The van der Waals surface area contributed by atoms with E-state index in [1.807, 2.05) is 13.0 Å². The van der Waals surface area contributed by atoms with E-state index in [-0.39, 0.29) is 18.3 Å². The number of benzene rings is 1. The first-order chi connectivity index (χ1) is 11.1. The maximum Gasteiger partial charge on any atom is 0.272 e. The van der Waals surface area contributed by atoms with Gasteiger partial charge in [0.15, 0.2) is 5.69 Å². The molecule has 3 rings (SSSR count). The van der Waals surface area contributed by atoms with E-state index < -0.39 is 0 Å². The molecule has 0 saturated carbocycles. The second-order valence-corrected chi connectivity index (χ2v) is 5.83. The Balaban J connectivity index is 1.97. The van der Waals surface area contributed by atoms with Gasteiger partial charge < -0.3 is 10.4 Å². The van der Waals surface area contributed by atoms with Gasteiger partial charge in [0.05, 0.1) is 0 Å². The number of aliphatic hydroxyl groups is 1. The van der Waals surface area contributed by atoms with Gasteiger partial charge in [0.2, 0.25) is 0 Å². The van der Waals surface area contributed by atoms with Crippen LogP contribution in [0.2, 0.25) is 0 Å². The van der Waals surface area contributed by atoms with E-state index >= 15 is 0 Å². The summed E-state index contributed by atoms with van der Waals surface area (Å²) >= 11 is 0. The Labute approximate surface area is 134 Å². The second kappa shape index (κ2) is 6.50. The molecule has 1 heterocycles. The van der Waals surface area contributed by atoms with Gasteiger partial charge in [0.25, 0.3) is 5.91 Å². The molecule has 0 saturated heterocycles. The molecule has 0 atom stereocenters. The normalized spacial score (nSPS) is 13.2. The van der Waals surface area contributed by atoms with Gasteiger partial charge in [-0.2, -0.15) is 5.10 Å². The van der Waals surface area contributed by atoms with Crippen LogP contribution in [0.5, 0.6) is 0 Å². The zero-order valence-electron chi connectivity index (χ0n) is 13.1. The van der Waals surface area contributed by atoms with Crippen molar-refractivity contribution >= 4 is 5.91 Å². The summed E-state index contributed by atoms with van der Waals surface area (Å²) in [6.45, 7) is 2.26. The zero-order chi connectivity index (χ0) is 16.4. The molecule has 0 spiro atoms.